The molecule has 3 N–H and O–H groups in total. The minimum atomic E-state index is -0.697. The zero-order valence-electron chi connectivity index (χ0n) is 19.3. The van der Waals surface area contributed by atoms with Crippen molar-refractivity contribution in [3.05, 3.63) is 0 Å². The molecule has 0 aromatic rings. The molecule has 0 saturated carbocycles. The number of aliphatic hydroxyl groups is 2. The first-order chi connectivity index (χ1) is 14.1. The van der Waals surface area contributed by atoms with Crippen LogP contribution in [0.4, 0.5) is 0 Å². The predicted octanol–water partition coefficient (Wildman–Crippen LogP) is 7.00. The van der Waals surface area contributed by atoms with Crippen LogP contribution in [0.1, 0.15) is 142 Å². The highest BCUT2D eigenvalue weighted by Crippen LogP contribution is 2.16. The quantitative estimate of drug-likeness (QED) is 0.157. The Morgan fingerprint density at radius 2 is 0.897 bits per heavy atom. The lowest BCUT2D eigenvalue weighted by Crippen LogP contribution is -2.13. The van der Waals surface area contributed by atoms with Crippen molar-refractivity contribution in [1.29, 1.82) is 0 Å². The van der Waals surface area contributed by atoms with E-state index in [1.165, 1.54) is 57.8 Å². The third kappa shape index (κ3) is 23.5. The normalized spacial score (nSPS) is 13.5. The van der Waals surface area contributed by atoms with Gasteiger partial charge in [0.1, 0.15) is 0 Å². The fourth-order valence-corrected chi connectivity index (χ4v) is 3.90. The number of aliphatic hydroxyl groups excluding tert-OH is 2. The Hall–Kier alpha value is -0.610. The van der Waals surface area contributed by atoms with E-state index in [1.54, 1.807) is 0 Å². The number of unbranched alkanes of at least 4 members (excludes halogenated alkanes) is 14. The van der Waals surface area contributed by atoms with Crippen LogP contribution in [-0.4, -0.2) is 33.5 Å². The first-order valence-corrected chi connectivity index (χ1v) is 12.6. The lowest BCUT2D eigenvalue weighted by molar-refractivity contribution is -0.137. The summed E-state index contributed by atoms with van der Waals surface area (Å²) in [6.07, 6.45) is 22.1. The average Bonchev–Trinajstić information content (AvgIpc) is 2.69. The molecular weight excluding hydrogens is 364 g/mol. The molecule has 0 aliphatic heterocycles. The maximum Gasteiger partial charge on any atom is 0.303 e. The number of hydrogen-bond donors (Lipinski definition) is 3. The molecule has 2 atom stereocenters. The third-order valence-corrected chi connectivity index (χ3v) is 5.90. The van der Waals surface area contributed by atoms with Gasteiger partial charge in [0.15, 0.2) is 0 Å². The molecule has 0 aromatic carbocycles. The zero-order chi connectivity index (χ0) is 21.6. The monoisotopic (exact) mass is 414 g/mol. The fourth-order valence-electron chi connectivity index (χ4n) is 3.90. The molecule has 4 nitrogen and oxygen atoms in total. The zero-order valence-corrected chi connectivity index (χ0v) is 19.3. The largest absolute Gasteiger partial charge is 0.481 e. The molecule has 0 rings (SSSR count). The van der Waals surface area contributed by atoms with Crippen molar-refractivity contribution < 1.29 is 20.1 Å². The molecule has 174 valence electrons. The summed E-state index contributed by atoms with van der Waals surface area (Å²) in [5.41, 5.74) is 0. The van der Waals surface area contributed by atoms with Gasteiger partial charge in [-0.2, -0.15) is 0 Å². The van der Waals surface area contributed by atoms with Gasteiger partial charge in [0, 0.05) is 6.42 Å². The molecule has 29 heavy (non-hydrogen) atoms. The number of carboxylic acid groups (broad SMARTS) is 1. The summed E-state index contributed by atoms with van der Waals surface area (Å²) >= 11 is 0. The van der Waals surface area contributed by atoms with Crippen molar-refractivity contribution >= 4 is 5.97 Å². The van der Waals surface area contributed by atoms with Crippen molar-refractivity contribution in [2.45, 2.75) is 154 Å². The van der Waals surface area contributed by atoms with Crippen LogP contribution in [0.3, 0.4) is 0 Å². The Labute approximate surface area is 180 Å². The van der Waals surface area contributed by atoms with Gasteiger partial charge in [-0.05, 0) is 32.1 Å². The molecule has 0 saturated heterocycles. The van der Waals surface area contributed by atoms with E-state index in [9.17, 15) is 15.0 Å². The van der Waals surface area contributed by atoms with E-state index in [2.05, 4.69) is 6.92 Å². The molecule has 0 amide bonds. The average molecular weight is 415 g/mol. The van der Waals surface area contributed by atoms with Crippen LogP contribution < -0.4 is 0 Å². The second kappa shape index (κ2) is 22.1. The third-order valence-electron chi connectivity index (χ3n) is 5.90. The van der Waals surface area contributed by atoms with Gasteiger partial charge in [-0.25, -0.2) is 0 Å². The summed E-state index contributed by atoms with van der Waals surface area (Å²) in [5.74, 6) is -0.697. The van der Waals surface area contributed by atoms with Gasteiger partial charge in [0.05, 0.1) is 12.2 Å². The molecule has 0 aromatic heterocycles. The summed E-state index contributed by atoms with van der Waals surface area (Å²) in [6.45, 7) is 2.25. The molecule has 0 radical (unpaired) electrons. The summed E-state index contributed by atoms with van der Waals surface area (Å²) in [7, 11) is 0. The highest BCUT2D eigenvalue weighted by atomic mass is 16.4. The topological polar surface area (TPSA) is 77.8 Å². The molecule has 2 unspecified atom stereocenters. The molecule has 0 aliphatic rings. The van der Waals surface area contributed by atoms with E-state index in [0.29, 0.717) is 6.42 Å². The Bertz CT molecular complexity index is 346. The molecule has 0 aliphatic carbocycles. The molecule has 0 fully saturated rings. The summed E-state index contributed by atoms with van der Waals surface area (Å²) in [6, 6.07) is 0. The minimum absolute atomic E-state index is 0.250. The van der Waals surface area contributed by atoms with Gasteiger partial charge in [0.2, 0.25) is 0 Å². The Balaban J connectivity index is 3.32. The van der Waals surface area contributed by atoms with Gasteiger partial charge in [-0.3, -0.25) is 4.79 Å². The summed E-state index contributed by atoms with van der Waals surface area (Å²) in [4.78, 5) is 10.4. The number of rotatable bonds is 23. The second-order valence-electron chi connectivity index (χ2n) is 8.91. The lowest BCUT2D eigenvalue weighted by atomic mass is 10.00. The van der Waals surface area contributed by atoms with Crippen molar-refractivity contribution in [2.75, 3.05) is 0 Å². The van der Waals surface area contributed by atoms with Gasteiger partial charge >= 0.3 is 5.97 Å². The van der Waals surface area contributed by atoms with E-state index in [-0.39, 0.29) is 18.6 Å². The number of carboxylic acids is 1. The number of aliphatic carboxylic acids is 1. The van der Waals surface area contributed by atoms with Crippen molar-refractivity contribution in [1.82, 2.24) is 0 Å². The van der Waals surface area contributed by atoms with Gasteiger partial charge < -0.3 is 15.3 Å². The maximum absolute atomic E-state index is 10.4. The van der Waals surface area contributed by atoms with Crippen molar-refractivity contribution in [3.63, 3.8) is 0 Å². The second-order valence-corrected chi connectivity index (χ2v) is 8.91. The number of hydrogen-bond acceptors (Lipinski definition) is 3. The fraction of sp³-hybridized carbons (Fsp3) is 0.960. The molecule has 4 heteroatoms. The van der Waals surface area contributed by atoms with E-state index in [4.69, 9.17) is 5.11 Å². The predicted molar refractivity (Wildman–Crippen MR) is 122 cm³/mol. The first-order valence-electron chi connectivity index (χ1n) is 12.6. The smallest absolute Gasteiger partial charge is 0.303 e. The van der Waals surface area contributed by atoms with Crippen LogP contribution in [-0.2, 0) is 4.79 Å². The van der Waals surface area contributed by atoms with Crippen LogP contribution >= 0.6 is 0 Å². The maximum atomic E-state index is 10.4. The van der Waals surface area contributed by atoms with E-state index in [0.717, 1.165) is 64.2 Å². The van der Waals surface area contributed by atoms with E-state index < -0.39 is 5.97 Å². The molecule has 0 spiro atoms. The Morgan fingerprint density at radius 3 is 1.28 bits per heavy atom. The van der Waals surface area contributed by atoms with Crippen molar-refractivity contribution in [2.24, 2.45) is 0 Å². The van der Waals surface area contributed by atoms with E-state index >= 15 is 0 Å². The minimum Gasteiger partial charge on any atom is -0.481 e. The summed E-state index contributed by atoms with van der Waals surface area (Å²) in [5, 5.41) is 28.8. The van der Waals surface area contributed by atoms with Gasteiger partial charge in [-0.1, -0.05) is 103 Å². The van der Waals surface area contributed by atoms with Crippen LogP contribution in [0.5, 0.6) is 0 Å². The first kappa shape index (κ1) is 28.4. The standard InChI is InChI=1S/C25H50O4/c1-2-3-4-5-6-7-9-12-15-18-23(26)21-22-24(27)19-16-13-10-8-11-14-17-20-25(28)29/h23-24,26-27H,2-22H2,1H3,(H,28,29). The lowest BCUT2D eigenvalue weighted by Gasteiger charge is -2.14. The van der Waals surface area contributed by atoms with Crippen LogP contribution in [0.15, 0.2) is 0 Å². The molecule has 0 bridgehead atoms. The van der Waals surface area contributed by atoms with Crippen LogP contribution in [0.25, 0.3) is 0 Å². The molecule has 0 heterocycles. The van der Waals surface area contributed by atoms with Gasteiger partial charge in [-0.15, -0.1) is 0 Å². The Kier molecular flexibility index (Phi) is 21.6. The van der Waals surface area contributed by atoms with Crippen molar-refractivity contribution in [3.8, 4) is 0 Å². The van der Waals surface area contributed by atoms with Crippen LogP contribution in [0.2, 0.25) is 0 Å². The number of carbonyl (C=O) groups is 1. The SMILES string of the molecule is CCCCCCCCCCCC(O)CCC(O)CCCCCCCCCC(=O)O. The Morgan fingerprint density at radius 1 is 0.552 bits per heavy atom. The van der Waals surface area contributed by atoms with Gasteiger partial charge in [0.25, 0.3) is 0 Å². The molecular formula is C25H50O4. The van der Waals surface area contributed by atoms with E-state index in [1.807, 2.05) is 0 Å². The summed E-state index contributed by atoms with van der Waals surface area (Å²) < 4.78 is 0. The highest BCUT2D eigenvalue weighted by Gasteiger charge is 2.09. The highest BCUT2D eigenvalue weighted by molar-refractivity contribution is 5.66. The van der Waals surface area contributed by atoms with Crippen LogP contribution in [0, 0.1) is 0 Å².